The van der Waals surface area contributed by atoms with Crippen LogP contribution in [0.3, 0.4) is 0 Å². The first-order valence-corrected chi connectivity index (χ1v) is 7.18. The molecule has 7 nitrogen and oxygen atoms in total. The van der Waals surface area contributed by atoms with E-state index in [1.807, 2.05) is 17.0 Å². The number of imidazole rings is 1. The van der Waals surface area contributed by atoms with Crippen molar-refractivity contribution in [2.75, 3.05) is 17.6 Å². The fourth-order valence-electron chi connectivity index (χ4n) is 1.91. The van der Waals surface area contributed by atoms with E-state index >= 15 is 0 Å². The van der Waals surface area contributed by atoms with Crippen LogP contribution in [-0.2, 0) is 13.5 Å². The molecular formula is C12H15N7S. The first kappa shape index (κ1) is 12.8. The van der Waals surface area contributed by atoms with Crippen LogP contribution >= 0.6 is 11.3 Å². The molecule has 0 aliphatic rings. The number of rotatable bonds is 5. The molecule has 0 saturated heterocycles. The maximum Gasteiger partial charge on any atom is 0.224 e. The van der Waals surface area contributed by atoms with Gasteiger partial charge in [-0.3, -0.25) is 0 Å². The van der Waals surface area contributed by atoms with Gasteiger partial charge in [-0.05, 0) is 12.8 Å². The molecule has 0 fully saturated rings. The number of nitrogens with zero attached hydrogens (tertiary/aromatic N) is 5. The van der Waals surface area contributed by atoms with Crippen LogP contribution in [0.5, 0.6) is 0 Å². The zero-order chi connectivity index (χ0) is 13.9. The molecule has 104 valence electrons. The van der Waals surface area contributed by atoms with Gasteiger partial charge in [0.1, 0.15) is 5.52 Å². The summed E-state index contributed by atoms with van der Waals surface area (Å²) in [6.07, 6.45) is 5.31. The molecule has 0 aromatic carbocycles. The number of fused-ring (bicyclic) bond motifs is 1. The number of hydrogen-bond acceptors (Lipinski definition) is 7. The minimum atomic E-state index is 0.623. The summed E-state index contributed by atoms with van der Waals surface area (Å²) < 4.78 is 1.88. The van der Waals surface area contributed by atoms with Crippen molar-refractivity contribution in [3.63, 3.8) is 0 Å². The Kier molecular flexibility index (Phi) is 3.46. The van der Waals surface area contributed by atoms with E-state index in [-0.39, 0.29) is 0 Å². The first-order valence-electron chi connectivity index (χ1n) is 6.30. The fraction of sp³-hybridized carbons (Fsp3) is 0.333. The molecule has 0 bridgehead atoms. The van der Waals surface area contributed by atoms with Crippen molar-refractivity contribution in [1.82, 2.24) is 24.5 Å². The number of aromatic nitrogens is 5. The highest BCUT2D eigenvalue weighted by Crippen LogP contribution is 2.13. The van der Waals surface area contributed by atoms with Crippen molar-refractivity contribution >= 4 is 33.6 Å². The molecule has 0 saturated carbocycles. The molecule has 3 aromatic rings. The number of aryl methyl sites for hydroxylation is 2. The normalized spacial score (nSPS) is 11.1. The highest BCUT2D eigenvalue weighted by Gasteiger charge is 2.04. The molecular weight excluding hydrogens is 274 g/mol. The third-order valence-corrected chi connectivity index (χ3v) is 3.64. The first-order chi connectivity index (χ1) is 9.72. The van der Waals surface area contributed by atoms with Gasteiger partial charge in [-0.1, -0.05) is 0 Å². The van der Waals surface area contributed by atoms with E-state index in [9.17, 15) is 0 Å². The Morgan fingerprint density at radius 1 is 1.35 bits per heavy atom. The molecule has 0 aliphatic heterocycles. The lowest BCUT2D eigenvalue weighted by molar-refractivity contribution is 0.835. The van der Waals surface area contributed by atoms with Gasteiger partial charge in [-0.15, -0.1) is 11.3 Å². The van der Waals surface area contributed by atoms with Crippen LogP contribution in [0.2, 0.25) is 0 Å². The van der Waals surface area contributed by atoms with Gasteiger partial charge in [0.05, 0.1) is 18.2 Å². The van der Waals surface area contributed by atoms with E-state index in [1.54, 1.807) is 12.5 Å². The molecule has 0 aliphatic carbocycles. The van der Waals surface area contributed by atoms with Crippen molar-refractivity contribution in [2.45, 2.75) is 12.8 Å². The summed E-state index contributed by atoms with van der Waals surface area (Å²) in [5, 5.41) is 5.83. The molecule has 0 unspecified atom stereocenters. The Balaban J connectivity index is 1.55. The highest BCUT2D eigenvalue weighted by molar-refractivity contribution is 7.13. The molecule has 3 N–H and O–H groups in total. The van der Waals surface area contributed by atoms with Crippen molar-refractivity contribution in [3.8, 4) is 0 Å². The molecule has 0 spiro atoms. The van der Waals surface area contributed by atoms with E-state index in [4.69, 9.17) is 5.73 Å². The maximum atomic E-state index is 5.59. The van der Waals surface area contributed by atoms with E-state index in [0.717, 1.165) is 36.2 Å². The van der Waals surface area contributed by atoms with Crippen molar-refractivity contribution in [1.29, 1.82) is 0 Å². The van der Waals surface area contributed by atoms with Gasteiger partial charge in [-0.25, -0.2) is 15.0 Å². The zero-order valence-electron chi connectivity index (χ0n) is 11.1. The summed E-state index contributed by atoms with van der Waals surface area (Å²) in [5.74, 6) is 0.624. The fourth-order valence-corrected chi connectivity index (χ4v) is 2.51. The molecule has 8 heteroatoms. The summed E-state index contributed by atoms with van der Waals surface area (Å²) >= 11 is 1.47. The Labute approximate surface area is 119 Å². The molecule has 3 heterocycles. The van der Waals surface area contributed by atoms with Crippen LogP contribution in [0, 0.1) is 0 Å². The van der Waals surface area contributed by atoms with Crippen LogP contribution in [0.1, 0.15) is 12.1 Å². The Hall–Kier alpha value is -2.22. The lowest BCUT2D eigenvalue weighted by Crippen LogP contribution is -2.07. The molecule has 20 heavy (non-hydrogen) atoms. The second kappa shape index (κ2) is 5.41. The molecule has 3 rings (SSSR count). The van der Waals surface area contributed by atoms with Gasteiger partial charge in [0.15, 0.2) is 10.8 Å². The van der Waals surface area contributed by atoms with E-state index in [0.29, 0.717) is 11.1 Å². The van der Waals surface area contributed by atoms with E-state index in [2.05, 4.69) is 25.3 Å². The molecule has 0 atom stereocenters. The molecule has 3 aromatic heterocycles. The number of thiazole rings is 1. The van der Waals surface area contributed by atoms with Gasteiger partial charge in [0, 0.05) is 19.0 Å². The predicted octanol–water partition coefficient (Wildman–Crippen LogP) is 1.45. The molecule has 0 radical (unpaired) electrons. The smallest absolute Gasteiger partial charge is 0.224 e. The number of nitrogens with one attached hydrogen (secondary N) is 1. The summed E-state index contributed by atoms with van der Waals surface area (Å²) in [5.41, 5.74) is 8.26. The summed E-state index contributed by atoms with van der Waals surface area (Å²) in [7, 11) is 1.92. The standard InChI is InChI=1S/C12H15N7S/c1-19-7-16-9-5-15-12(18-10(9)19)14-4-2-3-8-6-20-11(13)17-8/h5-7H,2-4H2,1H3,(H2,13,17)(H,14,15,18). The van der Waals surface area contributed by atoms with E-state index < -0.39 is 0 Å². The Morgan fingerprint density at radius 2 is 2.25 bits per heavy atom. The monoisotopic (exact) mass is 289 g/mol. The van der Waals surface area contributed by atoms with Crippen LogP contribution in [0.4, 0.5) is 11.1 Å². The Morgan fingerprint density at radius 3 is 3.05 bits per heavy atom. The van der Waals surface area contributed by atoms with Crippen molar-refractivity contribution in [2.24, 2.45) is 7.05 Å². The number of anilines is 2. The van der Waals surface area contributed by atoms with Crippen LogP contribution in [0.25, 0.3) is 11.2 Å². The topological polar surface area (TPSA) is 94.5 Å². The lowest BCUT2D eigenvalue weighted by atomic mass is 10.2. The van der Waals surface area contributed by atoms with Gasteiger partial charge in [0.2, 0.25) is 5.95 Å². The summed E-state index contributed by atoms with van der Waals surface area (Å²) in [6.45, 7) is 0.792. The predicted molar refractivity (Wildman–Crippen MR) is 79.6 cm³/mol. The second-order valence-corrected chi connectivity index (χ2v) is 5.36. The average molecular weight is 289 g/mol. The number of nitrogens with two attached hydrogens (primary N) is 1. The molecule has 0 amide bonds. The van der Waals surface area contributed by atoms with Gasteiger partial charge >= 0.3 is 0 Å². The quantitative estimate of drug-likeness (QED) is 0.690. The number of hydrogen-bond donors (Lipinski definition) is 2. The van der Waals surface area contributed by atoms with Gasteiger partial charge in [0.25, 0.3) is 0 Å². The average Bonchev–Trinajstić information content (AvgIpc) is 3.02. The third kappa shape index (κ3) is 2.69. The maximum absolute atomic E-state index is 5.59. The van der Waals surface area contributed by atoms with Crippen LogP contribution in [-0.4, -0.2) is 31.0 Å². The highest BCUT2D eigenvalue weighted by atomic mass is 32.1. The largest absolute Gasteiger partial charge is 0.375 e. The Bertz CT molecular complexity index is 717. The van der Waals surface area contributed by atoms with Crippen molar-refractivity contribution in [3.05, 3.63) is 23.6 Å². The zero-order valence-corrected chi connectivity index (χ0v) is 11.9. The van der Waals surface area contributed by atoms with Crippen LogP contribution < -0.4 is 11.1 Å². The van der Waals surface area contributed by atoms with Gasteiger partial charge in [-0.2, -0.15) is 4.98 Å². The lowest BCUT2D eigenvalue weighted by Gasteiger charge is -2.04. The minimum absolute atomic E-state index is 0.623. The van der Waals surface area contributed by atoms with E-state index in [1.165, 1.54) is 11.3 Å². The SMILES string of the molecule is Cn1cnc2cnc(NCCCc3csc(N)n3)nc21. The summed E-state index contributed by atoms with van der Waals surface area (Å²) in [6, 6.07) is 0. The van der Waals surface area contributed by atoms with Crippen molar-refractivity contribution < 1.29 is 0 Å². The summed E-state index contributed by atoms with van der Waals surface area (Å²) in [4.78, 5) is 17.1. The minimum Gasteiger partial charge on any atom is -0.375 e. The number of nitrogen functional groups attached to an aromatic ring is 1. The van der Waals surface area contributed by atoms with Gasteiger partial charge < -0.3 is 15.6 Å². The second-order valence-electron chi connectivity index (χ2n) is 4.47. The van der Waals surface area contributed by atoms with Crippen LogP contribution in [0.15, 0.2) is 17.9 Å². The third-order valence-electron chi connectivity index (χ3n) is 2.92.